The minimum absolute atomic E-state index is 0.0858. The van der Waals surface area contributed by atoms with Crippen molar-refractivity contribution in [1.82, 2.24) is 20.1 Å². The summed E-state index contributed by atoms with van der Waals surface area (Å²) in [6, 6.07) is 12.9. The molecule has 0 atom stereocenters. The van der Waals surface area contributed by atoms with E-state index in [9.17, 15) is 4.79 Å². The number of benzene rings is 2. The fourth-order valence-electron chi connectivity index (χ4n) is 2.44. The highest BCUT2D eigenvalue weighted by Gasteiger charge is 2.13. The molecule has 0 saturated carbocycles. The van der Waals surface area contributed by atoms with E-state index in [1.165, 1.54) is 11.8 Å². The molecule has 1 amide bonds. The zero-order valence-electron chi connectivity index (χ0n) is 16.0. The molecule has 0 fully saturated rings. The number of nitrogens with zero attached hydrogens (tertiary/aromatic N) is 3. The lowest BCUT2D eigenvalue weighted by Gasteiger charge is -2.09. The number of nitrogens with one attached hydrogen (secondary N) is 1. The van der Waals surface area contributed by atoms with Crippen LogP contribution in [0.15, 0.2) is 47.6 Å². The Balaban J connectivity index is 1.49. The summed E-state index contributed by atoms with van der Waals surface area (Å²) in [5, 5.41) is 13.0. The van der Waals surface area contributed by atoms with Crippen LogP contribution in [-0.2, 0) is 25.0 Å². The summed E-state index contributed by atoms with van der Waals surface area (Å²) in [7, 11) is 1.84. The first-order valence-corrected chi connectivity index (χ1v) is 10.6. The number of hydrogen-bond donors (Lipinski definition) is 1. The number of hydrogen-bond acceptors (Lipinski definition) is 5. The highest BCUT2D eigenvalue weighted by Crippen LogP contribution is 2.26. The molecule has 0 spiro atoms. The Morgan fingerprint density at radius 1 is 1.17 bits per heavy atom. The van der Waals surface area contributed by atoms with E-state index < -0.39 is 0 Å². The highest BCUT2D eigenvalue weighted by atomic mass is 35.5. The summed E-state index contributed by atoms with van der Waals surface area (Å²) >= 11 is 13.3. The molecule has 0 aliphatic heterocycles. The van der Waals surface area contributed by atoms with Crippen LogP contribution in [0.1, 0.15) is 17.0 Å². The first kappa shape index (κ1) is 21.5. The lowest BCUT2D eigenvalue weighted by Crippen LogP contribution is -2.24. The zero-order valence-corrected chi connectivity index (χ0v) is 18.3. The first-order valence-electron chi connectivity index (χ1n) is 8.83. The van der Waals surface area contributed by atoms with Gasteiger partial charge in [0.05, 0.1) is 10.8 Å². The second-order valence-electron chi connectivity index (χ2n) is 6.37. The van der Waals surface area contributed by atoms with Crippen molar-refractivity contribution in [2.75, 3.05) is 5.75 Å². The van der Waals surface area contributed by atoms with Crippen molar-refractivity contribution in [2.24, 2.45) is 7.05 Å². The molecule has 29 heavy (non-hydrogen) atoms. The topological polar surface area (TPSA) is 69.0 Å². The highest BCUT2D eigenvalue weighted by molar-refractivity contribution is 7.99. The van der Waals surface area contributed by atoms with Crippen molar-refractivity contribution in [3.8, 4) is 5.75 Å². The predicted molar refractivity (Wildman–Crippen MR) is 116 cm³/mol. The fraction of sp³-hybridized carbons (Fsp3) is 0.250. The number of aromatic nitrogens is 3. The molecule has 1 aromatic heterocycles. The molecule has 1 heterocycles. The SMILES string of the molecule is Cc1ccc(Cl)c(OCc2nnc(SCC(=O)NCc3ccc(Cl)cc3)n2C)c1. The maximum Gasteiger partial charge on any atom is 0.230 e. The van der Waals surface area contributed by atoms with Crippen LogP contribution in [0.3, 0.4) is 0 Å². The molecule has 0 radical (unpaired) electrons. The Hall–Kier alpha value is -2.22. The van der Waals surface area contributed by atoms with Crippen LogP contribution in [0.4, 0.5) is 0 Å². The maximum atomic E-state index is 12.1. The number of rotatable bonds is 8. The largest absolute Gasteiger partial charge is 0.484 e. The van der Waals surface area contributed by atoms with E-state index in [1.807, 2.05) is 38.2 Å². The van der Waals surface area contributed by atoms with Crippen LogP contribution < -0.4 is 10.1 Å². The second-order valence-corrected chi connectivity index (χ2v) is 8.16. The van der Waals surface area contributed by atoms with Gasteiger partial charge in [0.1, 0.15) is 12.4 Å². The smallest absolute Gasteiger partial charge is 0.230 e. The van der Waals surface area contributed by atoms with Crippen LogP contribution >= 0.6 is 35.0 Å². The van der Waals surface area contributed by atoms with E-state index in [0.717, 1.165) is 11.1 Å². The van der Waals surface area contributed by atoms with Crippen molar-refractivity contribution in [3.63, 3.8) is 0 Å². The van der Waals surface area contributed by atoms with Gasteiger partial charge in [0.15, 0.2) is 11.0 Å². The Morgan fingerprint density at radius 2 is 1.93 bits per heavy atom. The number of ether oxygens (including phenoxy) is 1. The molecule has 0 unspecified atom stereocenters. The number of aryl methyl sites for hydroxylation is 1. The van der Waals surface area contributed by atoms with Gasteiger partial charge >= 0.3 is 0 Å². The molecule has 0 saturated heterocycles. The average Bonchev–Trinajstić information content (AvgIpc) is 3.06. The molecular weight excluding hydrogens is 431 g/mol. The van der Waals surface area contributed by atoms with Crippen molar-refractivity contribution in [1.29, 1.82) is 0 Å². The van der Waals surface area contributed by atoms with Gasteiger partial charge in [0.2, 0.25) is 5.91 Å². The van der Waals surface area contributed by atoms with Gasteiger partial charge in [0.25, 0.3) is 0 Å². The van der Waals surface area contributed by atoms with Gasteiger partial charge in [-0.05, 0) is 42.3 Å². The number of halogens is 2. The van der Waals surface area contributed by atoms with Gasteiger partial charge in [0, 0.05) is 18.6 Å². The van der Waals surface area contributed by atoms with E-state index in [2.05, 4.69) is 15.5 Å². The third kappa shape index (κ3) is 6.13. The third-order valence-corrected chi connectivity index (χ3v) is 5.69. The van der Waals surface area contributed by atoms with Crippen molar-refractivity contribution in [2.45, 2.75) is 25.2 Å². The Kier molecular flexibility index (Phi) is 7.41. The van der Waals surface area contributed by atoms with Crippen molar-refractivity contribution >= 4 is 40.9 Å². The number of carbonyl (C=O) groups is 1. The van der Waals surface area contributed by atoms with E-state index in [4.69, 9.17) is 27.9 Å². The molecule has 6 nitrogen and oxygen atoms in total. The minimum Gasteiger partial charge on any atom is -0.484 e. The predicted octanol–water partition coefficient (Wildman–Crippen LogP) is 4.42. The standard InChI is InChI=1S/C20H20Cl2N4O2S/c1-13-3-8-16(22)17(9-13)28-11-18-24-25-20(26(18)2)29-12-19(27)23-10-14-4-6-15(21)7-5-14/h3-9H,10-12H2,1-2H3,(H,23,27). The van der Waals surface area contributed by atoms with Gasteiger partial charge in [-0.3, -0.25) is 4.79 Å². The Morgan fingerprint density at radius 3 is 2.69 bits per heavy atom. The molecule has 2 aromatic carbocycles. The van der Waals surface area contributed by atoms with Gasteiger partial charge < -0.3 is 14.6 Å². The summed E-state index contributed by atoms with van der Waals surface area (Å²) < 4.78 is 7.57. The molecule has 0 aliphatic rings. The van der Waals surface area contributed by atoms with Gasteiger partial charge in [-0.15, -0.1) is 10.2 Å². The summed E-state index contributed by atoms with van der Waals surface area (Å²) in [6.45, 7) is 2.65. The van der Waals surface area contributed by atoms with Crippen LogP contribution in [0.2, 0.25) is 10.0 Å². The van der Waals surface area contributed by atoms with E-state index in [0.29, 0.717) is 33.3 Å². The van der Waals surface area contributed by atoms with Gasteiger partial charge in [-0.2, -0.15) is 0 Å². The van der Waals surface area contributed by atoms with Crippen LogP contribution in [0.25, 0.3) is 0 Å². The molecule has 3 rings (SSSR count). The molecule has 3 aromatic rings. The zero-order chi connectivity index (χ0) is 20.8. The Labute approximate surface area is 183 Å². The monoisotopic (exact) mass is 450 g/mol. The number of thioether (sulfide) groups is 1. The molecule has 0 bridgehead atoms. The maximum absolute atomic E-state index is 12.1. The van der Waals surface area contributed by atoms with E-state index in [1.54, 1.807) is 22.8 Å². The molecule has 0 aliphatic carbocycles. The molecular formula is C20H20Cl2N4O2S. The summed E-state index contributed by atoms with van der Waals surface area (Å²) in [6.07, 6.45) is 0. The number of carbonyl (C=O) groups excluding carboxylic acids is 1. The third-order valence-electron chi connectivity index (χ3n) is 4.10. The van der Waals surface area contributed by atoms with Crippen LogP contribution in [0, 0.1) is 6.92 Å². The minimum atomic E-state index is -0.0858. The van der Waals surface area contributed by atoms with Gasteiger partial charge in [-0.25, -0.2) is 0 Å². The number of amides is 1. The van der Waals surface area contributed by atoms with Crippen LogP contribution in [0.5, 0.6) is 5.75 Å². The normalized spacial score (nSPS) is 10.8. The fourth-order valence-corrected chi connectivity index (χ4v) is 3.50. The summed E-state index contributed by atoms with van der Waals surface area (Å²) in [5.41, 5.74) is 2.05. The first-order chi connectivity index (χ1) is 13.9. The van der Waals surface area contributed by atoms with Crippen molar-refractivity contribution in [3.05, 3.63) is 69.5 Å². The molecule has 1 N–H and O–H groups in total. The average molecular weight is 451 g/mol. The molecule has 152 valence electrons. The van der Waals surface area contributed by atoms with Crippen molar-refractivity contribution < 1.29 is 9.53 Å². The molecule has 9 heteroatoms. The Bertz CT molecular complexity index is 993. The van der Waals surface area contributed by atoms with E-state index >= 15 is 0 Å². The quantitative estimate of drug-likeness (QED) is 0.514. The lowest BCUT2D eigenvalue weighted by atomic mass is 10.2. The lowest BCUT2D eigenvalue weighted by molar-refractivity contribution is -0.118. The van der Waals surface area contributed by atoms with Crippen LogP contribution in [-0.4, -0.2) is 26.4 Å². The summed E-state index contributed by atoms with van der Waals surface area (Å²) in [4.78, 5) is 12.1. The van der Waals surface area contributed by atoms with E-state index in [-0.39, 0.29) is 18.3 Å². The summed E-state index contributed by atoms with van der Waals surface area (Å²) in [5.74, 6) is 1.40. The second kappa shape index (κ2) is 10.0. The van der Waals surface area contributed by atoms with Gasteiger partial charge in [-0.1, -0.05) is 53.2 Å².